The molecule has 0 aliphatic rings. The highest BCUT2D eigenvalue weighted by atomic mass is 19.4. The number of carbonyl (C=O) groups is 1. The second kappa shape index (κ2) is 8.84. The number of Topliss-reactive ketones (excluding diaryl/α,β-unsaturated/α-hetero) is 1. The van der Waals surface area contributed by atoms with Gasteiger partial charge in [-0.05, 0) is 43.9 Å². The fourth-order valence-corrected chi connectivity index (χ4v) is 2.94. The third-order valence-corrected chi connectivity index (χ3v) is 4.25. The van der Waals surface area contributed by atoms with Gasteiger partial charge in [0, 0.05) is 18.5 Å². The van der Waals surface area contributed by atoms with Crippen LogP contribution in [0.15, 0.2) is 24.3 Å². The molecule has 0 radical (unpaired) electrons. The van der Waals surface area contributed by atoms with Crippen molar-refractivity contribution in [2.45, 2.75) is 66.2 Å². The van der Waals surface area contributed by atoms with E-state index in [1.165, 1.54) is 12.1 Å². The van der Waals surface area contributed by atoms with E-state index in [9.17, 15) is 18.0 Å². The van der Waals surface area contributed by atoms with Gasteiger partial charge >= 0.3 is 6.18 Å². The minimum atomic E-state index is -4.34. The molecule has 0 aromatic heterocycles. The Kier molecular flexibility index (Phi) is 7.66. The van der Waals surface area contributed by atoms with Crippen LogP contribution in [-0.4, -0.2) is 29.3 Å². The Morgan fingerprint density at radius 1 is 1.00 bits per heavy atom. The zero-order valence-electron chi connectivity index (χ0n) is 16.0. The summed E-state index contributed by atoms with van der Waals surface area (Å²) in [7, 11) is 0. The molecule has 0 spiro atoms. The van der Waals surface area contributed by atoms with E-state index in [4.69, 9.17) is 0 Å². The van der Waals surface area contributed by atoms with Gasteiger partial charge in [0.25, 0.3) is 0 Å². The quantitative estimate of drug-likeness (QED) is 0.637. The number of benzene rings is 1. The molecule has 0 fully saturated rings. The standard InChI is InChI=1S/C20H30F3NO/c1-13(2)12-24(15(5)6)18(19(25)14(3)4)11-16-7-9-17(10-8-16)20(21,22)23/h7-10,13-15,18H,11-12H2,1-6H3/t18-/m0/s1. The second-order valence-electron chi connectivity index (χ2n) is 7.66. The summed E-state index contributed by atoms with van der Waals surface area (Å²) >= 11 is 0. The number of halogens is 3. The van der Waals surface area contributed by atoms with Crippen LogP contribution in [0.3, 0.4) is 0 Å². The molecule has 0 aliphatic carbocycles. The average molecular weight is 357 g/mol. The van der Waals surface area contributed by atoms with Crippen LogP contribution in [-0.2, 0) is 17.4 Å². The summed E-state index contributed by atoms with van der Waals surface area (Å²) in [6.45, 7) is 12.8. The lowest BCUT2D eigenvalue weighted by Crippen LogP contribution is -2.49. The zero-order valence-corrected chi connectivity index (χ0v) is 16.0. The number of ketones is 1. The van der Waals surface area contributed by atoms with Gasteiger partial charge in [0.1, 0.15) is 0 Å². The molecule has 0 aliphatic heterocycles. The van der Waals surface area contributed by atoms with Gasteiger partial charge in [-0.3, -0.25) is 9.69 Å². The van der Waals surface area contributed by atoms with Gasteiger partial charge < -0.3 is 0 Å². The smallest absolute Gasteiger partial charge is 0.298 e. The predicted molar refractivity (Wildman–Crippen MR) is 95.5 cm³/mol. The summed E-state index contributed by atoms with van der Waals surface area (Å²) in [5.74, 6) is 0.416. The van der Waals surface area contributed by atoms with E-state index in [-0.39, 0.29) is 23.8 Å². The lowest BCUT2D eigenvalue weighted by Gasteiger charge is -2.36. The molecule has 0 saturated carbocycles. The van der Waals surface area contributed by atoms with Gasteiger partial charge in [-0.2, -0.15) is 13.2 Å². The molecule has 1 aromatic rings. The maximum absolute atomic E-state index is 12.8. The van der Waals surface area contributed by atoms with Gasteiger partial charge in [0.2, 0.25) is 0 Å². The van der Waals surface area contributed by atoms with Crippen molar-refractivity contribution >= 4 is 5.78 Å². The summed E-state index contributed by atoms with van der Waals surface area (Å²) in [4.78, 5) is 15.0. The van der Waals surface area contributed by atoms with Gasteiger partial charge in [-0.15, -0.1) is 0 Å². The normalized spacial score (nSPS) is 14.0. The molecule has 0 heterocycles. The van der Waals surface area contributed by atoms with Crippen LogP contribution >= 0.6 is 0 Å². The summed E-state index contributed by atoms with van der Waals surface area (Å²) in [5.41, 5.74) is 0.0901. The van der Waals surface area contributed by atoms with E-state index in [1.807, 2.05) is 13.8 Å². The van der Waals surface area contributed by atoms with Crippen LogP contribution in [0, 0.1) is 11.8 Å². The first kappa shape index (κ1) is 21.7. The highest BCUT2D eigenvalue weighted by molar-refractivity contribution is 5.86. The molecule has 142 valence electrons. The first-order chi connectivity index (χ1) is 11.4. The van der Waals surface area contributed by atoms with Crippen molar-refractivity contribution in [2.75, 3.05) is 6.54 Å². The molecule has 0 saturated heterocycles. The van der Waals surface area contributed by atoms with Crippen molar-refractivity contribution in [1.82, 2.24) is 4.90 Å². The Hall–Kier alpha value is -1.36. The molecule has 0 amide bonds. The Morgan fingerprint density at radius 2 is 1.52 bits per heavy atom. The minimum absolute atomic E-state index is 0.118. The lowest BCUT2D eigenvalue weighted by atomic mass is 9.92. The molecule has 0 bridgehead atoms. The van der Waals surface area contributed by atoms with Crippen LogP contribution in [0.5, 0.6) is 0 Å². The molecule has 25 heavy (non-hydrogen) atoms. The van der Waals surface area contributed by atoms with Crippen molar-refractivity contribution in [1.29, 1.82) is 0 Å². The molecule has 0 N–H and O–H groups in total. The Labute approximate surface area is 149 Å². The van der Waals surface area contributed by atoms with E-state index in [0.717, 1.165) is 24.2 Å². The maximum Gasteiger partial charge on any atom is 0.416 e. The van der Waals surface area contributed by atoms with E-state index in [1.54, 1.807) is 0 Å². The van der Waals surface area contributed by atoms with E-state index >= 15 is 0 Å². The van der Waals surface area contributed by atoms with Crippen LogP contribution < -0.4 is 0 Å². The molecule has 1 atom stereocenters. The molecule has 2 nitrogen and oxygen atoms in total. The Balaban J connectivity index is 3.10. The SMILES string of the molecule is CC(C)CN(C(C)C)[C@@H](Cc1ccc(C(F)(F)F)cc1)C(=O)C(C)C. The lowest BCUT2D eigenvalue weighted by molar-refractivity contribution is -0.137. The third kappa shape index (κ3) is 6.46. The van der Waals surface area contributed by atoms with E-state index < -0.39 is 11.7 Å². The summed E-state index contributed by atoms with van der Waals surface area (Å²) < 4.78 is 38.2. The zero-order chi connectivity index (χ0) is 19.4. The van der Waals surface area contributed by atoms with Crippen molar-refractivity contribution in [3.8, 4) is 0 Å². The Bertz CT molecular complexity index is 547. The van der Waals surface area contributed by atoms with Crippen molar-refractivity contribution in [3.63, 3.8) is 0 Å². The predicted octanol–water partition coefficient (Wildman–Crippen LogP) is 5.21. The third-order valence-electron chi connectivity index (χ3n) is 4.25. The number of nitrogens with zero attached hydrogens (tertiary/aromatic N) is 1. The summed E-state index contributed by atoms with van der Waals surface area (Å²) in [5, 5.41) is 0. The minimum Gasteiger partial charge on any atom is -0.298 e. The first-order valence-corrected chi connectivity index (χ1v) is 8.89. The first-order valence-electron chi connectivity index (χ1n) is 8.89. The van der Waals surface area contributed by atoms with Crippen LogP contribution in [0.2, 0.25) is 0 Å². The fraction of sp³-hybridized carbons (Fsp3) is 0.650. The highest BCUT2D eigenvalue weighted by Crippen LogP contribution is 2.29. The number of hydrogen-bond donors (Lipinski definition) is 0. The monoisotopic (exact) mass is 357 g/mol. The molecule has 5 heteroatoms. The summed E-state index contributed by atoms with van der Waals surface area (Å²) in [6.07, 6.45) is -3.91. The number of hydrogen-bond acceptors (Lipinski definition) is 2. The average Bonchev–Trinajstić information content (AvgIpc) is 2.49. The number of carbonyl (C=O) groups excluding carboxylic acids is 1. The van der Waals surface area contributed by atoms with Crippen LogP contribution in [0.4, 0.5) is 13.2 Å². The van der Waals surface area contributed by atoms with Crippen LogP contribution in [0.1, 0.15) is 52.7 Å². The maximum atomic E-state index is 12.8. The van der Waals surface area contributed by atoms with Gasteiger partial charge in [-0.25, -0.2) is 0 Å². The van der Waals surface area contributed by atoms with Gasteiger partial charge in [0.15, 0.2) is 5.78 Å². The van der Waals surface area contributed by atoms with Gasteiger partial charge in [0.05, 0.1) is 11.6 Å². The van der Waals surface area contributed by atoms with Crippen molar-refractivity contribution < 1.29 is 18.0 Å². The van der Waals surface area contributed by atoms with Gasteiger partial charge in [-0.1, -0.05) is 39.8 Å². The van der Waals surface area contributed by atoms with Crippen molar-refractivity contribution in [2.24, 2.45) is 11.8 Å². The van der Waals surface area contributed by atoms with E-state index in [2.05, 4.69) is 32.6 Å². The largest absolute Gasteiger partial charge is 0.416 e. The molecule has 1 rings (SSSR count). The topological polar surface area (TPSA) is 20.3 Å². The van der Waals surface area contributed by atoms with E-state index in [0.29, 0.717) is 12.3 Å². The Morgan fingerprint density at radius 3 is 1.88 bits per heavy atom. The summed E-state index contributed by atoms with van der Waals surface area (Å²) in [6, 6.07) is 5.01. The van der Waals surface area contributed by atoms with Crippen molar-refractivity contribution in [3.05, 3.63) is 35.4 Å². The van der Waals surface area contributed by atoms with Crippen LogP contribution in [0.25, 0.3) is 0 Å². The fourth-order valence-electron chi connectivity index (χ4n) is 2.94. The second-order valence-corrected chi connectivity index (χ2v) is 7.66. The molecule has 0 unspecified atom stereocenters. The highest BCUT2D eigenvalue weighted by Gasteiger charge is 2.32. The number of alkyl halides is 3. The molecule has 1 aromatic carbocycles. The molecular weight excluding hydrogens is 327 g/mol. The molecular formula is C20H30F3NO. The number of rotatable bonds is 8.